The Balaban J connectivity index is 2.08. The fraction of sp³-hybridized carbons (Fsp3) is 0.667. The minimum Gasteiger partial charge on any atom is -0.464 e. The fourth-order valence-electron chi connectivity index (χ4n) is 3.12. The van der Waals surface area contributed by atoms with Gasteiger partial charge in [0.15, 0.2) is 0 Å². The zero-order valence-corrected chi connectivity index (χ0v) is 18.1. The molecule has 1 aromatic rings. The lowest BCUT2D eigenvalue weighted by molar-refractivity contribution is -0.145. The average Bonchev–Trinajstić information content (AvgIpc) is 2.71. The zero-order chi connectivity index (χ0) is 20.6. The van der Waals surface area contributed by atoms with E-state index in [1.54, 1.807) is 19.1 Å². The predicted molar refractivity (Wildman–Crippen MR) is 116 cm³/mol. The van der Waals surface area contributed by atoms with Gasteiger partial charge in [-0.15, -0.1) is 0 Å². The maximum atomic E-state index is 12.2. The molecule has 158 valence electrons. The summed E-state index contributed by atoms with van der Waals surface area (Å²) in [6.07, 6.45) is 13.4. The van der Waals surface area contributed by atoms with Gasteiger partial charge in [0.1, 0.15) is 6.04 Å². The van der Waals surface area contributed by atoms with Crippen molar-refractivity contribution in [2.75, 3.05) is 6.61 Å². The molecule has 1 N–H and O–H groups in total. The third-order valence-electron chi connectivity index (χ3n) is 5.07. The van der Waals surface area contributed by atoms with Crippen LogP contribution in [0.4, 0.5) is 0 Å². The van der Waals surface area contributed by atoms with Gasteiger partial charge in [-0.3, -0.25) is 4.79 Å². The van der Waals surface area contributed by atoms with Crippen LogP contribution in [0.3, 0.4) is 0 Å². The topological polar surface area (TPSA) is 55.4 Å². The van der Waals surface area contributed by atoms with Gasteiger partial charge in [0.25, 0.3) is 5.91 Å². The lowest BCUT2D eigenvalue weighted by Gasteiger charge is -2.13. The monoisotopic (exact) mass is 389 g/mol. The SMILES string of the molecule is CCCCCCCCCCCCOC(=O)[C@H](C)NC(=O)c1ccc(CC)cc1. The summed E-state index contributed by atoms with van der Waals surface area (Å²) in [5, 5.41) is 2.71. The highest BCUT2D eigenvalue weighted by Crippen LogP contribution is 2.10. The molecule has 1 rings (SSSR count). The second-order valence-electron chi connectivity index (χ2n) is 7.60. The van der Waals surface area contributed by atoms with E-state index < -0.39 is 6.04 Å². The zero-order valence-electron chi connectivity index (χ0n) is 18.1. The highest BCUT2D eigenvalue weighted by molar-refractivity contribution is 5.96. The second kappa shape index (κ2) is 15.1. The number of benzene rings is 1. The Bertz CT molecular complexity index is 553. The summed E-state index contributed by atoms with van der Waals surface area (Å²) in [4.78, 5) is 24.2. The molecule has 0 fully saturated rings. The quantitative estimate of drug-likeness (QED) is 0.303. The maximum absolute atomic E-state index is 12.2. The van der Waals surface area contributed by atoms with Gasteiger partial charge in [0.05, 0.1) is 6.61 Å². The molecular formula is C24H39NO3. The number of ether oxygens (including phenoxy) is 1. The lowest BCUT2D eigenvalue weighted by atomic mass is 10.1. The van der Waals surface area contributed by atoms with Gasteiger partial charge in [0.2, 0.25) is 0 Å². The molecule has 28 heavy (non-hydrogen) atoms. The number of hydrogen-bond acceptors (Lipinski definition) is 3. The van der Waals surface area contributed by atoms with Crippen LogP contribution in [0.25, 0.3) is 0 Å². The first kappa shape index (κ1) is 24.2. The Morgan fingerprint density at radius 3 is 1.93 bits per heavy atom. The first-order valence-corrected chi connectivity index (χ1v) is 11.1. The number of carbonyl (C=O) groups is 2. The predicted octanol–water partition coefficient (Wildman–Crippen LogP) is 5.83. The molecule has 0 bridgehead atoms. The summed E-state index contributed by atoms with van der Waals surface area (Å²) in [5.41, 5.74) is 1.74. The van der Waals surface area contributed by atoms with E-state index in [0.717, 1.165) is 19.3 Å². The van der Waals surface area contributed by atoms with Crippen LogP contribution >= 0.6 is 0 Å². The fourth-order valence-corrected chi connectivity index (χ4v) is 3.12. The molecule has 0 aliphatic carbocycles. The van der Waals surface area contributed by atoms with E-state index in [-0.39, 0.29) is 11.9 Å². The molecule has 0 saturated heterocycles. The summed E-state index contributed by atoms with van der Waals surface area (Å²) in [6.45, 7) is 6.41. The average molecular weight is 390 g/mol. The minimum atomic E-state index is -0.638. The van der Waals surface area contributed by atoms with E-state index in [1.807, 2.05) is 12.1 Å². The van der Waals surface area contributed by atoms with Crippen molar-refractivity contribution in [3.8, 4) is 0 Å². The van der Waals surface area contributed by atoms with Crippen LogP contribution < -0.4 is 5.32 Å². The van der Waals surface area contributed by atoms with Crippen LogP contribution in [0, 0.1) is 0 Å². The van der Waals surface area contributed by atoms with Gasteiger partial charge in [-0.1, -0.05) is 83.8 Å². The molecule has 0 aliphatic rings. The largest absolute Gasteiger partial charge is 0.464 e. The van der Waals surface area contributed by atoms with Gasteiger partial charge >= 0.3 is 5.97 Å². The second-order valence-corrected chi connectivity index (χ2v) is 7.60. The van der Waals surface area contributed by atoms with Crippen LogP contribution in [-0.4, -0.2) is 24.5 Å². The molecule has 0 saturated carbocycles. The lowest BCUT2D eigenvalue weighted by Crippen LogP contribution is -2.39. The van der Waals surface area contributed by atoms with Gasteiger partial charge < -0.3 is 10.1 Å². The van der Waals surface area contributed by atoms with Gasteiger partial charge in [0, 0.05) is 5.56 Å². The molecule has 0 spiro atoms. The van der Waals surface area contributed by atoms with E-state index in [2.05, 4.69) is 19.2 Å². The molecule has 1 atom stereocenters. The van der Waals surface area contributed by atoms with E-state index in [1.165, 1.54) is 56.9 Å². The Labute approximate surface area is 171 Å². The van der Waals surface area contributed by atoms with Gasteiger partial charge in [-0.05, 0) is 37.5 Å². The number of unbranched alkanes of at least 4 members (excludes halogenated alkanes) is 9. The van der Waals surface area contributed by atoms with Crippen LogP contribution in [0.1, 0.15) is 101 Å². The van der Waals surface area contributed by atoms with Crippen molar-refractivity contribution in [1.82, 2.24) is 5.32 Å². The summed E-state index contributed by atoms with van der Waals surface area (Å²) < 4.78 is 5.30. The van der Waals surface area contributed by atoms with Crippen LogP contribution in [0.15, 0.2) is 24.3 Å². The van der Waals surface area contributed by atoms with Crippen molar-refractivity contribution in [1.29, 1.82) is 0 Å². The van der Waals surface area contributed by atoms with E-state index >= 15 is 0 Å². The Kier molecular flexibility index (Phi) is 13.1. The third kappa shape index (κ3) is 10.5. The molecule has 0 radical (unpaired) electrons. The van der Waals surface area contributed by atoms with Crippen molar-refractivity contribution in [3.05, 3.63) is 35.4 Å². The molecule has 0 heterocycles. The normalized spacial score (nSPS) is 11.8. The number of esters is 1. The first-order chi connectivity index (χ1) is 13.6. The number of carbonyl (C=O) groups excluding carboxylic acids is 2. The van der Waals surface area contributed by atoms with Crippen molar-refractivity contribution in [3.63, 3.8) is 0 Å². The molecular weight excluding hydrogens is 350 g/mol. The van der Waals surface area contributed by atoms with E-state index in [0.29, 0.717) is 12.2 Å². The summed E-state index contributed by atoms with van der Waals surface area (Å²) in [6, 6.07) is 6.81. The number of nitrogens with one attached hydrogen (secondary N) is 1. The number of hydrogen-bond donors (Lipinski definition) is 1. The molecule has 1 amide bonds. The summed E-state index contributed by atoms with van der Waals surface area (Å²) >= 11 is 0. The minimum absolute atomic E-state index is 0.244. The van der Waals surface area contributed by atoms with Gasteiger partial charge in [-0.25, -0.2) is 4.79 Å². The van der Waals surface area contributed by atoms with E-state index in [9.17, 15) is 9.59 Å². The van der Waals surface area contributed by atoms with Crippen molar-refractivity contribution in [2.45, 2.75) is 97.4 Å². The highest BCUT2D eigenvalue weighted by Gasteiger charge is 2.17. The Hall–Kier alpha value is -1.84. The number of aryl methyl sites for hydroxylation is 1. The van der Waals surface area contributed by atoms with Crippen LogP contribution in [-0.2, 0) is 16.0 Å². The number of rotatable bonds is 15. The number of amides is 1. The Morgan fingerprint density at radius 2 is 1.39 bits per heavy atom. The first-order valence-electron chi connectivity index (χ1n) is 11.1. The molecule has 0 aliphatic heterocycles. The van der Waals surface area contributed by atoms with Crippen molar-refractivity contribution >= 4 is 11.9 Å². The van der Waals surface area contributed by atoms with Crippen molar-refractivity contribution < 1.29 is 14.3 Å². The smallest absolute Gasteiger partial charge is 0.328 e. The molecule has 0 aromatic heterocycles. The summed E-state index contributed by atoms with van der Waals surface area (Å²) in [7, 11) is 0. The molecule has 1 aromatic carbocycles. The van der Waals surface area contributed by atoms with Crippen molar-refractivity contribution in [2.24, 2.45) is 0 Å². The third-order valence-corrected chi connectivity index (χ3v) is 5.07. The molecule has 0 unspecified atom stereocenters. The van der Waals surface area contributed by atoms with Crippen LogP contribution in [0.5, 0.6) is 0 Å². The maximum Gasteiger partial charge on any atom is 0.328 e. The molecule has 4 heteroatoms. The van der Waals surface area contributed by atoms with Crippen LogP contribution in [0.2, 0.25) is 0 Å². The van der Waals surface area contributed by atoms with E-state index in [4.69, 9.17) is 4.74 Å². The molecule has 4 nitrogen and oxygen atoms in total. The Morgan fingerprint density at radius 1 is 0.857 bits per heavy atom. The standard InChI is InChI=1S/C24H39NO3/c1-4-6-7-8-9-10-11-12-13-14-19-28-24(27)20(3)25-23(26)22-17-15-21(5-2)16-18-22/h15-18,20H,4-14,19H2,1-3H3,(H,25,26)/t20-/m0/s1. The summed E-state index contributed by atoms with van der Waals surface area (Å²) in [5.74, 6) is -0.611. The highest BCUT2D eigenvalue weighted by atomic mass is 16.5. The van der Waals surface area contributed by atoms with Gasteiger partial charge in [-0.2, -0.15) is 0 Å².